The van der Waals surface area contributed by atoms with Crippen molar-refractivity contribution in [1.29, 1.82) is 0 Å². The second-order valence-corrected chi connectivity index (χ2v) is 6.25. The molecule has 1 aliphatic heterocycles. The van der Waals surface area contributed by atoms with Crippen molar-refractivity contribution >= 4 is 16.8 Å². The van der Waals surface area contributed by atoms with E-state index in [1.807, 2.05) is 7.05 Å². The van der Waals surface area contributed by atoms with E-state index in [0.717, 1.165) is 51.0 Å². The minimum Gasteiger partial charge on any atom is -0.342 e. The first kappa shape index (κ1) is 15.7. The average Bonchev–Trinajstić information content (AvgIpc) is 2.58. The highest BCUT2D eigenvalue weighted by Crippen LogP contribution is 2.17. The molecule has 0 atom stereocenters. The Morgan fingerprint density at radius 2 is 2.17 bits per heavy atom. The quantitative estimate of drug-likeness (QED) is 0.872. The Labute approximate surface area is 135 Å². The lowest BCUT2D eigenvalue weighted by atomic mass is 10.1. The highest BCUT2D eigenvalue weighted by atomic mass is 16.2. The monoisotopic (exact) mass is 313 g/mol. The Bertz CT molecular complexity index is 795. The number of carbonyl (C=O) groups is 1. The van der Waals surface area contributed by atoms with Gasteiger partial charge in [0, 0.05) is 32.1 Å². The van der Waals surface area contributed by atoms with Crippen LogP contribution in [-0.2, 0) is 13.0 Å². The fourth-order valence-electron chi connectivity index (χ4n) is 3.09. The first-order chi connectivity index (χ1) is 11.1. The molecule has 0 N–H and O–H groups in total. The summed E-state index contributed by atoms with van der Waals surface area (Å²) in [6.45, 7) is 3.60. The first-order valence-corrected chi connectivity index (χ1v) is 8.40. The minimum atomic E-state index is -0.0139. The van der Waals surface area contributed by atoms with Gasteiger partial charge in [-0.1, -0.05) is 13.3 Å². The fourth-order valence-corrected chi connectivity index (χ4v) is 3.09. The van der Waals surface area contributed by atoms with E-state index in [4.69, 9.17) is 0 Å². The number of aryl methyl sites for hydroxylation is 1. The van der Waals surface area contributed by atoms with Crippen LogP contribution in [0, 0.1) is 0 Å². The molecular formula is C18H23N3O2. The number of hydrogen-bond donors (Lipinski definition) is 0. The van der Waals surface area contributed by atoms with Gasteiger partial charge >= 0.3 is 0 Å². The summed E-state index contributed by atoms with van der Waals surface area (Å²) in [7, 11) is 1.82. The van der Waals surface area contributed by atoms with Crippen molar-refractivity contribution < 1.29 is 4.79 Å². The second-order valence-electron chi connectivity index (χ2n) is 6.25. The molecule has 5 heteroatoms. The van der Waals surface area contributed by atoms with Gasteiger partial charge in [0.2, 0.25) is 0 Å². The van der Waals surface area contributed by atoms with Crippen molar-refractivity contribution in [3.63, 3.8) is 0 Å². The van der Waals surface area contributed by atoms with Gasteiger partial charge in [0.25, 0.3) is 11.5 Å². The van der Waals surface area contributed by atoms with Crippen molar-refractivity contribution in [2.75, 3.05) is 13.6 Å². The molecule has 3 rings (SSSR count). The predicted octanol–water partition coefficient (Wildman–Crippen LogP) is 2.60. The van der Waals surface area contributed by atoms with E-state index in [9.17, 15) is 9.59 Å². The molecule has 0 spiro atoms. The molecular weight excluding hydrogens is 290 g/mol. The van der Waals surface area contributed by atoms with Gasteiger partial charge in [-0.25, -0.2) is 4.98 Å². The van der Waals surface area contributed by atoms with E-state index >= 15 is 0 Å². The summed E-state index contributed by atoms with van der Waals surface area (Å²) in [5.74, 6) is 0.831. The molecule has 0 bridgehead atoms. The maximum Gasteiger partial charge on any atom is 0.261 e. The van der Waals surface area contributed by atoms with Crippen molar-refractivity contribution in [2.45, 2.75) is 45.6 Å². The van der Waals surface area contributed by atoms with Gasteiger partial charge in [0.15, 0.2) is 0 Å². The number of aromatic nitrogens is 2. The van der Waals surface area contributed by atoms with Gasteiger partial charge in [-0.3, -0.25) is 14.2 Å². The van der Waals surface area contributed by atoms with Crippen LogP contribution in [0.5, 0.6) is 0 Å². The van der Waals surface area contributed by atoms with Crippen LogP contribution in [0.3, 0.4) is 0 Å². The Morgan fingerprint density at radius 1 is 1.35 bits per heavy atom. The molecule has 0 saturated heterocycles. The number of benzene rings is 1. The van der Waals surface area contributed by atoms with Gasteiger partial charge in [-0.15, -0.1) is 0 Å². The van der Waals surface area contributed by atoms with Crippen LogP contribution in [0.4, 0.5) is 0 Å². The topological polar surface area (TPSA) is 55.2 Å². The highest BCUT2D eigenvalue weighted by Gasteiger charge is 2.17. The molecule has 1 amide bonds. The molecule has 0 unspecified atom stereocenters. The Morgan fingerprint density at radius 3 is 2.96 bits per heavy atom. The zero-order chi connectivity index (χ0) is 16.4. The maximum absolute atomic E-state index is 12.6. The summed E-state index contributed by atoms with van der Waals surface area (Å²) < 4.78 is 1.78. The average molecular weight is 313 g/mol. The summed E-state index contributed by atoms with van der Waals surface area (Å²) in [6, 6.07) is 5.25. The zero-order valence-electron chi connectivity index (χ0n) is 13.8. The number of fused-ring (bicyclic) bond motifs is 2. The van der Waals surface area contributed by atoms with Gasteiger partial charge in [-0.2, -0.15) is 0 Å². The predicted molar refractivity (Wildman–Crippen MR) is 90.8 cm³/mol. The van der Waals surface area contributed by atoms with Crippen LogP contribution in [-0.4, -0.2) is 34.0 Å². The Balaban J connectivity index is 1.99. The number of unbranched alkanes of at least 4 members (excludes halogenated alkanes) is 1. The Kier molecular flexibility index (Phi) is 4.46. The fraction of sp³-hybridized carbons (Fsp3) is 0.500. The summed E-state index contributed by atoms with van der Waals surface area (Å²) in [5.41, 5.74) is 1.25. The van der Waals surface area contributed by atoms with E-state index in [-0.39, 0.29) is 11.5 Å². The molecule has 23 heavy (non-hydrogen) atoms. The third-order valence-electron chi connectivity index (χ3n) is 4.51. The summed E-state index contributed by atoms with van der Waals surface area (Å²) in [4.78, 5) is 31.4. The third-order valence-corrected chi connectivity index (χ3v) is 4.51. The number of nitrogens with zero attached hydrogens (tertiary/aromatic N) is 3. The van der Waals surface area contributed by atoms with Crippen LogP contribution >= 0.6 is 0 Å². The lowest BCUT2D eigenvalue weighted by Crippen LogP contribution is -2.29. The number of amides is 1. The molecule has 122 valence electrons. The van der Waals surface area contributed by atoms with E-state index in [2.05, 4.69) is 11.9 Å². The number of carbonyl (C=O) groups excluding carboxylic acids is 1. The van der Waals surface area contributed by atoms with Crippen molar-refractivity contribution in [2.24, 2.45) is 0 Å². The molecule has 2 heterocycles. The first-order valence-electron chi connectivity index (χ1n) is 8.40. The number of hydrogen-bond acceptors (Lipinski definition) is 3. The van der Waals surface area contributed by atoms with Gasteiger partial charge in [0.1, 0.15) is 5.82 Å². The van der Waals surface area contributed by atoms with Crippen molar-refractivity contribution in [1.82, 2.24) is 14.5 Å². The largest absolute Gasteiger partial charge is 0.342 e. The molecule has 2 aromatic rings. The SMILES string of the molecule is CCCCN(C)C(=O)c1ccc2c(=O)n3c(nc2c1)CCCC3. The smallest absolute Gasteiger partial charge is 0.261 e. The molecule has 5 nitrogen and oxygen atoms in total. The van der Waals surface area contributed by atoms with Crippen LogP contribution in [0.15, 0.2) is 23.0 Å². The van der Waals surface area contributed by atoms with E-state index < -0.39 is 0 Å². The standard InChI is InChI=1S/C18H23N3O2/c1-3-4-10-20(2)17(22)13-8-9-14-15(12-13)19-16-7-5-6-11-21(16)18(14)23/h8-9,12H,3-7,10-11H2,1-2H3. The highest BCUT2D eigenvalue weighted by molar-refractivity contribution is 5.97. The van der Waals surface area contributed by atoms with Crippen LogP contribution in [0.25, 0.3) is 10.9 Å². The van der Waals surface area contributed by atoms with Gasteiger partial charge < -0.3 is 4.90 Å². The van der Waals surface area contributed by atoms with Crippen LogP contribution < -0.4 is 5.56 Å². The summed E-state index contributed by atoms with van der Waals surface area (Å²) in [5, 5.41) is 0.600. The molecule has 1 aromatic heterocycles. The van der Waals surface area contributed by atoms with Crippen LogP contribution in [0.2, 0.25) is 0 Å². The van der Waals surface area contributed by atoms with E-state index in [1.165, 1.54) is 0 Å². The lowest BCUT2D eigenvalue weighted by Gasteiger charge is -2.19. The third kappa shape index (κ3) is 3.00. The minimum absolute atomic E-state index is 0.0139. The molecule has 0 radical (unpaired) electrons. The van der Waals surface area contributed by atoms with Crippen molar-refractivity contribution in [3.8, 4) is 0 Å². The van der Waals surface area contributed by atoms with E-state index in [0.29, 0.717) is 16.5 Å². The second kappa shape index (κ2) is 6.52. The molecule has 0 saturated carbocycles. The molecule has 1 aliphatic rings. The molecule has 1 aromatic carbocycles. The van der Waals surface area contributed by atoms with Gasteiger partial charge in [0.05, 0.1) is 10.9 Å². The van der Waals surface area contributed by atoms with Crippen LogP contribution in [0.1, 0.15) is 48.8 Å². The summed E-state index contributed by atoms with van der Waals surface area (Å²) in [6.07, 6.45) is 4.97. The van der Waals surface area contributed by atoms with Crippen molar-refractivity contribution in [3.05, 3.63) is 39.9 Å². The van der Waals surface area contributed by atoms with Gasteiger partial charge in [-0.05, 0) is 37.5 Å². The number of rotatable bonds is 4. The Hall–Kier alpha value is -2.17. The molecule has 0 fully saturated rings. The van der Waals surface area contributed by atoms with E-state index in [1.54, 1.807) is 27.7 Å². The normalized spacial score (nSPS) is 13.8. The maximum atomic E-state index is 12.6. The molecule has 0 aliphatic carbocycles. The lowest BCUT2D eigenvalue weighted by molar-refractivity contribution is 0.0793. The summed E-state index contributed by atoms with van der Waals surface area (Å²) >= 11 is 0. The zero-order valence-corrected chi connectivity index (χ0v) is 13.8.